The van der Waals surface area contributed by atoms with Gasteiger partial charge in [0, 0.05) is 19.6 Å². The van der Waals surface area contributed by atoms with Crippen LogP contribution < -0.4 is 10.6 Å². The summed E-state index contributed by atoms with van der Waals surface area (Å²) in [5, 5.41) is 14.2. The van der Waals surface area contributed by atoms with Gasteiger partial charge in [-0.05, 0) is 39.0 Å². The number of hydrogen-bond donors (Lipinski definition) is 3. The second-order valence-corrected chi connectivity index (χ2v) is 6.02. The predicted octanol–water partition coefficient (Wildman–Crippen LogP) is 0.551. The molecule has 0 aromatic rings. The molecule has 1 atom stereocenters. The van der Waals surface area contributed by atoms with Crippen LogP contribution in [0.1, 0.15) is 39.0 Å². The highest BCUT2D eigenvalue weighted by Gasteiger charge is 2.50. The number of nitrogens with zero attached hydrogens (tertiary/aromatic N) is 1. The minimum Gasteiger partial charge on any atom is -0.481 e. The topological polar surface area (TPSA) is 98.7 Å². The van der Waals surface area contributed by atoms with Gasteiger partial charge in [-0.1, -0.05) is 0 Å². The zero-order chi connectivity index (χ0) is 15.5. The zero-order valence-electron chi connectivity index (χ0n) is 12.4. The molecule has 0 spiro atoms. The molecule has 7 nitrogen and oxygen atoms in total. The standard InChI is InChI=1S/C14H23N3O4/c1-10(11(18)17-7-3-2-4-8-17)16-13(21)15-9-14(5-6-14)12(19)20/h10H,2-9H2,1H3,(H,19,20)(H2,15,16,21). The van der Waals surface area contributed by atoms with Crippen LogP contribution in [-0.4, -0.2) is 53.6 Å². The molecular formula is C14H23N3O4. The lowest BCUT2D eigenvalue weighted by Crippen LogP contribution is -2.51. The molecular weight excluding hydrogens is 274 g/mol. The minimum atomic E-state index is -0.875. The summed E-state index contributed by atoms with van der Waals surface area (Å²) in [4.78, 5) is 36.7. The molecule has 2 rings (SSSR count). The van der Waals surface area contributed by atoms with Gasteiger partial charge in [-0.3, -0.25) is 9.59 Å². The lowest BCUT2D eigenvalue weighted by molar-refractivity contribution is -0.143. The Bertz CT molecular complexity index is 428. The molecule has 2 fully saturated rings. The molecule has 1 saturated carbocycles. The number of rotatable bonds is 5. The van der Waals surface area contributed by atoms with Crippen molar-refractivity contribution in [2.45, 2.75) is 45.1 Å². The third-order valence-corrected chi connectivity index (χ3v) is 4.28. The van der Waals surface area contributed by atoms with Gasteiger partial charge >= 0.3 is 12.0 Å². The van der Waals surface area contributed by atoms with E-state index in [4.69, 9.17) is 5.11 Å². The summed E-state index contributed by atoms with van der Waals surface area (Å²) in [6, 6.07) is -1.08. The first-order valence-electron chi connectivity index (χ1n) is 7.51. The molecule has 0 aromatic carbocycles. The number of likely N-dealkylation sites (tertiary alicyclic amines) is 1. The Morgan fingerprint density at radius 1 is 1.19 bits per heavy atom. The van der Waals surface area contributed by atoms with Crippen molar-refractivity contribution in [2.24, 2.45) is 5.41 Å². The van der Waals surface area contributed by atoms with Crippen LogP contribution in [-0.2, 0) is 9.59 Å². The van der Waals surface area contributed by atoms with Gasteiger partial charge in [-0.15, -0.1) is 0 Å². The van der Waals surface area contributed by atoms with Gasteiger partial charge in [0.05, 0.1) is 5.41 Å². The van der Waals surface area contributed by atoms with Crippen molar-refractivity contribution in [3.63, 3.8) is 0 Å². The maximum Gasteiger partial charge on any atom is 0.315 e. The molecule has 21 heavy (non-hydrogen) atoms. The number of piperidine rings is 1. The Hall–Kier alpha value is -1.79. The van der Waals surface area contributed by atoms with Crippen molar-refractivity contribution in [3.05, 3.63) is 0 Å². The van der Waals surface area contributed by atoms with Crippen molar-refractivity contribution in [1.82, 2.24) is 15.5 Å². The summed E-state index contributed by atoms with van der Waals surface area (Å²) in [6.45, 7) is 3.25. The molecule has 1 unspecified atom stereocenters. The molecule has 1 saturated heterocycles. The van der Waals surface area contributed by atoms with E-state index in [1.165, 1.54) is 0 Å². The third kappa shape index (κ3) is 3.86. The van der Waals surface area contributed by atoms with Crippen LogP contribution in [0.4, 0.5) is 4.79 Å². The fraction of sp³-hybridized carbons (Fsp3) is 0.786. The Morgan fingerprint density at radius 2 is 1.81 bits per heavy atom. The van der Waals surface area contributed by atoms with Gasteiger partial charge in [0.1, 0.15) is 6.04 Å². The van der Waals surface area contributed by atoms with Crippen LogP contribution in [0.3, 0.4) is 0 Å². The highest BCUT2D eigenvalue weighted by atomic mass is 16.4. The van der Waals surface area contributed by atoms with Gasteiger partial charge in [-0.25, -0.2) is 4.79 Å². The number of carbonyl (C=O) groups excluding carboxylic acids is 2. The van der Waals surface area contributed by atoms with E-state index in [1.807, 2.05) is 0 Å². The average Bonchev–Trinajstić information content (AvgIpc) is 3.26. The molecule has 118 valence electrons. The predicted molar refractivity (Wildman–Crippen MR) is 75.7 cm³/mol. The summed E-state index contributed by atoms with van der Waals surface area (Å²) in [5.74, 6) is -0.954. The van der Waals surface area contributed by atoms with Gasteiger partial charge in [0.2, 0.25) is 5.91 Å². The van der Waals surface area contributed by atoms with Gasteiger partial charge in [0.15, 0.2) is 0 Å². The number of carboxylic acids is 1. The van der Waals surface area contributed by atoms with Crippen LogP contribution >= 0.6 is 0 Å². The SMILES string of the molecule is CC(NC(=O)NCC1(C(=O)O)CC1)C(=O)N1CCCCC1. The Balaban J connectivity index is 1.74. The van der Waals surface area contributed by atoms with E-state index in [1.54, 1.807) is 11.8 Å². The van der Waals surface area contributed by atoms with Crippen LogP contribution in [0.5, 0.6) is 0 Å². The van der Waals surface area contributed by atoms with E-state index in [0.29, 0.717) is 12.8 Å². The van der Waals surface area contributed by atoms with Crippen molar-refractivity contribution in [2.75, 3.05) is 19.6 Å². The Kier molecular flexibility index (Phi) is 4.69. The second kappa shape index (κ2) is 6.32. The van der Waals surface area contributed by atoms with Gasteiger partial charge < -0.3 is 20.6 Å². The molecule has 3 N–H and O–H groups in total. The first-order chi connectivity index (χ1) is 9.94. The normalized spacial score (nSPS) is 21.3. The van der Waals surface area contributed by atoms with E-state index < -0.39 is 23.5 Å². The first-order valence-corrected chi connectivity index (χ1v) is 7.51. The molecule has 2 aliphatic rings. The molecule has 1 aliphatic heterocycles. The Morgan fingerprint density at radius 3 is 2.33 bits per heavy atom. The molecule has 0 radical (unpaired) electrons. The van der Waals surface area contributed by atoms with E-state index in [9.17, 15) is 14.4 Å². The van der Waals surface area contributed by atoms with Gasteiger partial charge in [-0.2, -0.15) is 0 Å². The largest absolute Gasteiger partial charge is 0.481 e. The Labute approximate surface area is 124 Å². The van der Waals surface area contributed by atoms with E-state index in [-0.39, 0.29) is 12.5 Å². The average molecular weight is 297 g/mol. The number of amides is 3. The van der Waals surface area contributed by atoms with Crippen LogP contribution in [0, 0.1) is 5.41 Å². The smallest absolute Gasteiger partial charge is 0.315 e. The number of hydrogen-bond acceptors (Lipinski definition) is 3. The maximum absolute atomic E-state index is 12.1. The third-order valence-electron chi connectivity index (χ3n) is 4.28. The quantitative estimate of drug-likeness (QED) is 0.690. The lowest BCUT2D eigenvalue weighted by atomic mass is 10.1. The van der Waals surface area contributed by atoms with Gasteiger partial charge in [0.25, 0.3) is 0 Å². The van der Waals surface area contributed by atoms with E-state index >= 15 is 0 Å². The fourth-order valence-electron chi connectivity index (χ4n) is 2.56. The van der Waals surface area contributed by atoms with Crippen molar-refractivity contribution < 1.29 is 19.5 Å². The summed E-state index contributed by atoms with van der Waals surface area (Å²) < 4.78 is 0. The summed E-state index contributed by atoms with van der Waals surface area (Å²) >= 11 is 0. The summed E-state index contributed by atoms with van der Waals surface area (Å²) in [6.07, 6.45) is 4.33. The lowest BCUT2D eigenvalue weighted by Gasteiger charge is -2.29. The number of carbonyl (C=O) groups is 3. The molecule has 1 aliphatic carbocycles. The first kappa shape index (κ1) is 15.6. The number of urea groups is 1. The monoisotopic (exact) mass is 297 g/mol. The van der Waals surface area contributed by atoms with Crippen molar-refractivity contribution in [1.29, 1.82) is 0 Å². The molecule has 0 aromatic heterocycles. The molecule has 3 amide bonds. The number of nitrogens with one attached hydrogen (secondary N) is 2. The highest BCUT2D eigenvalue weighted by molar-refractivity contribution is 5.87. The second-order valence-electron chi connectivity index (χ2n) is 6.02. The number of aliphatic carboxylic acids is 1. The van der Waals surface area contributed by atoms with E-state index in [0.717, 1.165) is 32.4 Å². The fourth-order valence-corrected chi connectivity index (χ4v) is 2.56. The van der Waals surface area contributed by atoms with E-state index in [2.05, 4.69) is 10.6 Å². The zero-order valence-corrected chi connectivity index (χ0v) is 12.4. The number of carboxylic acid groups (broad SMARTS) is 1. The maximum atomic E-state index is 12.1. The minimum absolute atomic E-state index is 0.0794. The summed E-state index contributed by atoms with van der Waals surface area (Å²) in [7, 11) is 0. The molecule has 1 heterocycles. The highest BCUT2D eigenvalue weighted by Crippen LogP contribution is 2.45. The molecule has 0 bridgehead atoms. The van der Waals surface area contributed by atoms with Crippen molar-refractivity contribution >= 4 is 17.9 Å². The summed E-state index contributed by atoms with van der Waals surface area (Å²) in [5.41, 5.74) is -0.794. The van der Waals surface area contributed by atoms with Crippen LogP contribution in [0.15, 0.2) is 0 Å². The van der Waals surface area contributed by atoms with Crippen molar-refractivity contribution in [3.8, 4) is 0 Å². The molecule has 7 heteroatoms. The van der Waals surface area contributed by atoms with Crippen LogP contribution in [0.2, 0.25) is 0 Å². The van der Waals surface area contributed by atoms with Crippen LogP contribution in [0.25, 0.3) is 0 Å².